The van der Waals surface area contributed by atoms with Gasteiger partial charge >= 0.3 is 0 Å². The van der Waals surface area contributed by atoms with Gasteiger partial charge < -0.3 is 15.5 Å². The summed E-state index contributed by atoms with van der Waals surface area (Å²) in [6.07, 6.45) is 5.98. The number of hydrogen-bond donors (Lipinski definition) is 2. The van der Waals surface area contributed by atoms with Crippen molar-refractivity contribution in [3.63, 3.8) is 0 Å². The van der Waals surface area contributed by atoms with Crippen molar-refractivity contribution in [2.75, 3.05) is 23.3 Å². The molecule has 3 rings (SSSR count). The molecule has 1 fully saturated rings. The molecular formula is C18H24N6S. The van der Waals surface area contributed by atoms with Gasteiger partial charge in [-0.3, -0.25) is 4.98 Å². The van der Waals surface area contributed by atoms with E-state index in [0.29, 0.717) is 17.6 Å². The minimum absolute atomic E-state index is 0.507. The molecule has 7 heteroatoms. The molecule has 0 aliphatic carbocycles. The SMILES string of the molecule is Cc1cc(N2CCC(C)CC2)nc(NC(=S)NCc2cccnc2)n1. The monoisotopic (exact) mass is 356 g/mol. The third-order valence-corrected chi connectivity index (χ3v) is 4.60. The number of piperidine rings is 1. The molecule has 0 radical (unpaired) electrons. The maximum absolute atomic E-state index is 5.36. The molecule has 0 saturated carbocycles. The molecule has 3 heterocycles. The van der Waals surface area contributed by atoms with Crippen molar-refractivity contribution in [3.05, 3.63) is 41.9 Å². The Bertz CT molecular complexity index is 713. The number of nitrogens with one attached hydrogen (secondary N) is 2. The summed E-state index contributed by atoms with van der Waals surface area (Å²) < 4.78 is 0. The van der Waals surface area contributed by atoms with E-state index in [1.807, 2.05) is 31.3 Å². The Kier molecular flexibility index (Phi) is 5.75. The molecule has 132 valence electrons. The van der Waals surface area contributed by atoms with Crippen LogP contribution in [0, 0.1) is 12.8 Å². The molecule has 1 aliphatic heterocycles. The summed E-state index contributed by atoms with van der Waals surface area (Å²) in [5.74, 6) is 2.30. The highest BCUT2D eigenvalue weighted by molar-refractivity contribution is 7.80. The minimum Gasteiger partial charge on any atom is -0.358 e. The summed E-state index contributed by atoms with van der Waals surface area (Å²) in [5, 5.41) is 6.76. The first-order chi connectivity index (χ1) is 12.1. The molecule has 0 spiro atoms. The molecule has 1 aliphatic rings. The van der Waals surface area contributed by atoms with Crippen LogP contribution in [0.5, 0.6) is 0 Å². The number of pyridine rings is 1. The number of rotatable bonds is 4. The molecule has 6 nitrogen and oxygen atoms in total. The molecule has 25 heavy (non-hydrogen) atoms. The van der Waals surface area contributed by atoms with Gasteiger partial charge in [0.05, 0.1) is 0 Å². The van der Waals surface area contributed by atoms with Crippen LogP contribution < -0.4 is 15.5 Å². The molecule has 2 N–H and O–H groups in total. The fourth-order valence-corrected chi connectivity index (χ4v) is 3.00. The largest absolute Gasteiger partial charge is 0.358 e. The van der Waals surface area contributed by atoms with Crippen molar-refractivity contribution in [1.29, 1.82) is 0 Å². The van der Waals surface area contributed by atoms with Crippen LogP contribution in [0.4, 0.5) is 11.8 Å². The van der Waals surface area contributed by atoms with Crippen molar-refractivity contribution in [2.24, 2.45) is 5.92 Å². The summed E-state index contributed by atoms with van der Waals surface area (Å²) in [4.78, 5) is 15.5. The number of anilines is 2. The molecule has 2 aromatic heterocycles. The van der Waals surface area contributed by atoms with Gasteiger partial charge in [0.1, 0.15) is 5.82 Å². The summed E-state index contributed by atoms with van der Waals surface area (Å²) in [7, 11) is 0. The van der Waals surface area contributed by atoms with Crippen LogP contribution in [0.1, 0.15) is 31.0 Å². The average molecular weight is 356 g/mol. The summed E-state index contributed by atoms with van der Waals surface area (Å²) >= 11 is 5.36. The maximum atomic E-state index is 5.36. The van der Waals surface area contributed by atoms with Gasteiger partial charge in [-0.05, 0) is 49.5 Å². The van der Waals surface area contributed by atoms with E-state index in [1.165, 1.54) is 12.8 Å². The molecule has 0 atom stereocenters. The third kappa shape index (κ3) is 5.09. The number of hydrogen-bond acceptors (Lipinski definition) is 5. The molecule has 0 aromatic carbocycles. The van der Waals surface area contributed by atoms with Gasteiger partial charge in [0.15, 0.2) is 5.11 Å². The molecular weight excluding hydrogens is 332 g/mol. The van der Waals surface area contributed by atoms with E-state index in [4.69, 9.17) is 12.2 Å². The van der Waals surface area contributed by atoms with E-state index < -0.39 is 0 Å². The lowest BCUT2D eigenvalue weighted by atomic mass is 9.99. The van der Waals surface area contributed by atoms with Crippen LogP contribution in [0.25, 0.3) is 0 Å². The Morgan fingerprint density at radius 2 is 2.12 bits per heavy atom. The number of nitrogens with zero attached hydrogens (tertiary/aromatic N) is 4. The second-order valence-corrected chi connectivity index (χ2v) is 6.94. The van der Waals surface area contributed by atoms with E-state index in [0.717, 1.165) is 36.1 Å². The first-order valence-corrected chi connectivity index (χ1v) is 9.05. The molecule has 0 unspecified atom stereocenters. The van der Waals surface area contributed by atoms with Crippen LogP contribution >= 0.6 is 12.2 Å². The predicted octanol–water partition coefficient (Wildman–Crippen LogP) is 2.90. The molecule has 0 amide bonds. The van der Waals surface area contributed by atoms with Gasteiger partial charge in [0.2, 0.25) is 5.95 Å². The molecule has 2 aromatic rings. The average Bonchev–Trinajstić information content (AvgIpc) is 2.61. The zero-order valence-corrected chi connectivity index (χ0v) is 15.5. The van der Waals surface area contributed by atoms with E-state index in [-0.39, 0.29) is 0 Å². The van der Waals surface area contributed by atoms with Gasteiger partial charge in [0, 0.05) is 43.8 Å². The predicted molar refractivity (Wildman–Crippen MR) is 105 cm³/mol. The van der Waals surface area contributed by atoms with E-state index in [9.17, 15) is 0 Å². The van der Waals surface area contributed by atoms with E-state index in [2.05, 4.69) is 37.4 Å². The standard InChI is InChI=1S/C18H24N6S/c1-13-5-8-24(9-6-13)16-10-14(2)21-17(22-16)23-18(25)20-12-15-4-3-7-19-11-15/h3-4,7,10-11,13H,5-6,8-9,12H2,1-2H3,(H2,20,21,22,23,25). The first-order valence-electron chi connectivity index (χ1n) is 8.64. The number of aryl methyl sites for hydroxylation is 1. The lowest BCUT2D eigenvalue weighted by molar-refractivity contribution is 0.436. The Balaban J connectivity index is 1.61. The van der Waals surface area contributed by atoms with Crippen molar-refractivity contribution in [1.82, 2.24) is 20.3 Å². The zero-order valence-electron chi connectivity index (χ0n) is 14.7. The van der Waals surface area contributed by atoms with Gasteiger partial charge in [-0.15, -0.1) is 0 Å². The normalized spacial score (nSPS) is 15.0. The smallest absolute Gasteiger partial charge is 0.231 e. The van der Waals surface area contributed by atoms with Gasteiger partial charge in [-0.2, -0.15) is 4.98 Å². The van der Waals surface area contributed by atoms with Crippen molar-refractivity contribution >= 4 is 29.1 Å². The van der Waals surface area contributed by atoms with Crippen molar-refractivity contribution in [2.45, 2.75) is 33.2 Å². The first kappa shape index (κ1) is 17.5. The summed E-state index contributed by atoms with van der Waals surface area (Å²) in [5.41, 5.74) is 2.00. The molecule has 1 saturated heterocycles. The highest BCUT2D eigenvalue weighted by Crippen LogP contribution is 2.22. The number of aromatic nitrogens is 3. The van der Waals surface area contributed by atoms with Gasteiger partial charge in [0.25, 0.3) is 0 Å². The quantitative estimate of drug-likeness (QED) is 0.817. The van der Waals surface area contributed by atoms with Crippen LogP contribution in [0.3, 0.4) is 0 Å². The van der Waals surface area contributed by atoms with Gasteiger partial charge in [-0.1, -0.05) is 13.0 Å². The Morgan fingerprint density at radius 1 is 1.32 bits per heavy atom. The highest BCUT2D eigenvalue weighted by Gasteiger charge is 2.18. The number of thiocarbonyl (C=S) groups is 1. The summed E-state index contributed by atoms with van der Waals surface area (Å²) in [6.45, 7) is 6.99. The van der Waals surface area contributed by atoms with Crippen molar-refractivity contribution in [3.8, 4) is 0 Å². The van der Waals surface area contributed by atoms with Crippen LogP contribution in [0.15, 0.2) is 30.6 Å². The second kappa shape index (κ2) is 8.20. The van der Waals surface area contributed by atoms with E-state index >= 15 is 0 Å². The Labute approximate surface area is 154 Å². The van der Waals surface area contributed by atoms with Crippen LogP contribution in [-0.4, -0.2) is 33.2 Å². The third-order valence-electron chi connectivity index (χ3n) is 4.35. The molecule has 0 bridgehead atoms. The fourth-order valence-electron chi connectivity index (χ4n) is 2.84. The maximum Gasteiger partial charge on any atom is 0.231 e. The van der Waals surface area contributed by atoms with Crippen molar-refractivity contribution < 1.29 is 0 Å². The zero-order chi connectivity index (χ0) is 17.6. The lowest BCUT2D eigenvalue weighted by Crippen LogP contribution is -2.34. The lowest BCUT2D eigenvalue weighted by Gasteiger charge is -2.31. The highest BCUT2D eigenvalue weighted by atomic mass is 32.1. The second-order valence-electron chi connectivity index (χ2n) is 6.53. The Hall–Kier alpha value is -2.28. The minimum atomic E-state index is 0.507. The summed E-state index contributed by atoms with van der Waals surface area (Å²) in [6, 6.07) is 5.94. The van der Waals surface area contributed by atoms with Crippen LogP contribution in [0.2, 0.25) is 0 Å². The topological polar surface area (TPSA) is 66.0 Å². The fraction of sp³-hybridized carbons (Fsp3) is 0.444. The van der Waals surface area contributed by atoms with E-state index in [1.54, 1.807) is 6.20 Å². The Morgan fingerprint density at radius 3 is 2.84 bits per heavy atom. The van der Waals surface area contributed by atoms with Gasteiger partial charge in [-0.25, -0.2) is 4.98 Å². The van der Waals surface area contributed by atoms with Crippen LogP contribution in [-0.2, 0) is 6.54 Å².